The third-order valence-electron chi connectivity index (χ3n) is 8.38. The Labute approximate surface area is 212 Å². The Hall–Kier alpha value is -3.71. The van der Waals surface area contributed by atoms with Crippen LogP contribution in [-0.4, -0.2) is 92.3 Å². The molecule has 8 N–H and O–H groups in total. The fourth-order valence-corrected chi connectivity index (χ4v) is 6.59. The molecule has 4 aliphatic heterocycles. The van der Waals surface area contributed by atoms with Crippen molar-refractivity contribution in [2.45, 2.75) is 68.1 Å². The van der Waals surface area contributed by atoms with Gasteiger partial charge in [-0.05, 0) is 42.9 Å². The monoisotopic (exact) mass is 510 g/mol. The number of rotatable bonds is 4. The molecular formula is C24H30N8O5. The van der Waals surface area contributed by atoms with Crippen molar-refractivity contribution in [3.05, 3.63) is 34.9 Å². The number of likely N-dealkylation sites (tertiary alicyclic amines) is 1. The van der Waals surface area contributed by atoms with Gasteiger partial charge in [-0.1, -0.05) is 12.1 Å². The first kappa shape index (κ1) is 23.7. The number of carbonyl (C=O) groups excluding carboxylic acids is 3. The van der Waals surface area contributed by atoms with E-state index >= 15 is 0 Å². The second kappa shape index (κ2) is 8.15. The van der Waals surface area contributed by atoms with Gasteiger partial charge in [0.2, 0.25) is 17.6 Å². The Morgan fingerprint density at radius 1 is 1.08 bits per heavy atom. The Kier molecular flexibility index (Phi) is 5.21. The van der Waals surface area contributed by atoms with Gasteiger partial charge in [-0.25, -0.2) is 0 Å². The lowest BCUT2D eigenvalue weighted by molar-refractivity contribution is -0.232. The first-order chi connectivity index (χ1) is 17.6. The first-order valence-corrected chi connectivity index (χ1v) is 12.6. The molecule has 0 radical (unpaired) electrons. The maximum Gasteiger partial charge on any atom is 0.252 e. The fraction of sp³-hybridized carbons (Fsp3) is 0.542. The van der Waals surface area contributed by atoms with Crippen molar-refractivity contribution < 1.29 is 24.6 Å². The number of nitrogens with one attached hydrogen (secondary N) is 6. The number of benzene rings is 1. The van der Waals surface area contributed by atoms with Gasteiger partial charge >= 0.3 is 0 Å². The van der Waals surface area contributed by atoms with Crippen molar-refractivity contribution in [2.24, 2.45) is 0 Å². The van der Waals surface area contributed by atoms with Gasteiger partial charge in [0.25, 0.3) is 5.91 Å². The average Bonchev–Trinajstić information content (AvgIpc) is 3.46. The molecule has 1 aliphatic carbocycles. The SMILES string of the molecule is N=C1N[C@H]2[C@H](CN3C(=O)CCC3=O)NC(=N)N3CC(NC(=O)c4cccc5c4CCCC5)C(O)(O)[C@]23N1. The molecule has 37 heavy (non-hydrogen) atoms. The lowest BCUT2D eigenvalue weighted by Gasteiger charge is -2.51. The summed E-state index contributed by atoms with van der Waals surface area (Å²) >= 11 is 0. The topological polar surface area (TPSA) is 194 Å². The van der Waals surface area contributed by atoms with E-state index in [-0.39, 0.29) is 49.7 Å². The first-order valence-electron chi connectivity index (χ1n) is 12.6. The van der Waals surface area contributed by atoms with Crippen LogP contribution in [0.3, 0.4) is 0 Å². The Morgan fingerprint density at radius 3 is 2.57 bits per heavy atom. The molecule has 6 rings (SSSR count). The van der Waals surface area contributed by atoms with Gasteiger partial charge in [0.05, 0.1) is 18.6 Å². The van der Waals surface area contributed by atoms with Crippen molar-refractivity contribution in [2.75, 3.05) is 13.1 Å². The number of aryl methyl sites for hydroxylation is 1. The molecule has 196 valence electrons. The summed E-state index contributed by atoms with van der Waals surface area (Å²) in [4.78, 5) is 40.4. The molecule has 1 aromatic rings. The molecule has 4 atom stereocenters. The van der Waals surface area contributed by atoms with Crippen LogP contribution in [-0.2, 0) is 22.4 Å². The van der Waals surface area contributed by atoms with Gasteiger partial charge in [-0.3, -0.25) is 30.1 Å². The van der Waals surface area contributed by atoms with E-state index in [1.165, 1.54) is 4.90 Å². The van der Waals surface area contributed by atoms with E-state index in [0.29, 0.717) is 5.56 Å². The third kappa shape index (κ3) is 3.33. The van der Waals surface area contributed by atoms with Crippen LogP contribution in [0.1, 0.15) is 47.2 Å². The summed E-state index contributed by atoms with van der Waals surface area (Å²) in [5.41, 5.74) is 0.790. The van der Waals surface area contributed by atoms with E-state index in [4.69, 9.17) is 10.8 Å². The summed E-state index contributed by atoms with van der Waals surface area (Å²) in [6.07, 6.45) is 3.92. The van der Waals surface area contributed by atoms with Gasteiger partial charge < -0.3 is 36.4 Å². The fourth-order valence-electron chi connectivity index (χ4n) is 6.59. The molecule has 5 aliphatic rings. The Balaban J connectivity index is 1.31. The van der Waals surface area contributed by atoms with Gasteiger partial charge in [-0.2, -0.15) is 0 Å². The highest BCUT2D eigenvalue weighted by atomic mass is 16.5. The van der Waals surface area contributed by atoms with Crippen LogP contribution < -0.4 is 21.3 Å². The molecule has 1 spiro atoms. The second-order valence-electron chi connectivity index (χ2n) is 10.4. The Morgan fingerprint density at radius 2 is 1.81 bits per heavy atom. The van der Waals surface area contributed by atoms with Crippen molar-refractivity contribution in [1.82, 2.24) is 31.1 Å². The Bertz CT molecular complexity index is 1220. The van der Waals surface area contributed by atoms with Crippen molar-refractivity contribution in [3.63, 3.8) is 0 Å². The van der Waals surface area contributed by atoms with Crippen LogP contribution in [0.15, 0.2) is 18.2 Å². The van der Waals surface area contributed by atoms with Crippen molar-refractivity contribution in [3.8, 4) is 0 Å². The molecule has 13 heteroatoms. The van der Waals surface area contributed by atoms with Crippen LogP contribution in [0.25, 0.3) is 0 Å². The average molecular weight is 511 g/mol. The van der Waals surface area contributed by atoms with Crippen LogP contribution >= 0.6 is 0 Å². The van der Waals surface area contributed by atoms with Crippen molar-refractivity contribution in [1.29, 1.82) is 10.8 Å². The molecule has 0 saturated carbocycles. The summed E-state index contributed by atoms with van der Waals surface area (Å²) in [5, 5.41) is 51.4. The smallest absolute Gasteiger partial charge is 0.252 e. The highest BCUT2D eigenvalue weighted by Crippen LogP contribution is 2.43. The van der Waals surface area contributed by atoms with Gasteiger partial charge in [0.15, 0.2) is 17.6 Å². The number of carbonyl (C=O) groups is 3. The molecule has 4 saturated heterocycles. The summed E-state index contributed by atoms with van der Waals surface area (Å²) in [6, 6.07) is 2.64. The van der Waals surface area contributed by atoms with E-state index in [2.05, 4.69) is 21.3 Å². The van der Waals surface area contributed by atoms with Crippen molar-refractivity contribution >= 4 is 29.6 Å². The number of aliphatic hydroxyl groups is 2. The molecule has 0 bridgehead atoms. The number of amides is 3. The highest BCUT2D eigenvalue weighted by molar-refractivity contribution is 6.02. The largest absolute Gasteiger partial charge is 0.361 e. The van der Waals surface area contributed by atoms with Crippen LogP contribution in [0, 0.1) is 10.8 Å². The quantitative estimate of drug-likeness (QED) is 0.166. The molecule has 4 fully saturated rings. The van der Waals surface area contributed by atoms with Gasteiger partial charge in [0, 0.05) is 24.9 Å². The minimum absolute atomic E-state index is 0.105. The standard InChI is InChI=1S/C24H30N8O5/c25-21-29-19-15(10-31-17(33)8-9-18(31)34)27-22(26)32-11-16(24(36,37)23(19,32)30-21)28-20(35)14-7-3-5-12-4-1-2-6-13(12)14/h3,5,7,15-16,19,36-37H,1-2,4,6,8-11H2,(H2,26,27)(H,28,35)(H3,25,29,30)/t15-,16?,19-,23-/m0/s1. The maximum atomic E-state index is 13.4. The molecule has 1 unspecified atom stereocenters. The zero-order valence-electron chi connectivity index (χ0n) is 20.1. The molecule has 13 nitrogen and oxygen atoms in total. The van der Waals surface area contributed by atoms with E-state index in [1.807, 2.05) is 12.1 Å². The number of guanidine groups is 2. The molecule has 3 amide bonds. The van der Waals surface area contributed by atoms with Gasteiger partial charge in [-0.15, -0.1) is 0 Å². The zero-order valence-corrected chi connectivity index (χ0v) is 20.1. The summed E-state index contributed by atoms with van der Waals surface area (Å²) in [7, 11) is 0. The number of imide groups is 1. The molecule has 1 aromatic carbocycles. The van der Waals surface area contributed by atoms with Crippen LogP contribution in [0.2, 0.25) is 0 Å². The van der Waals surface area contributed by atoms with E-state index < -0.39 is 35.5 Å². The third-order valence-corrected chi connectivity index (χ3v) is 8.38. The molecular weight excluding hydrogens is 480 g/mol. The minimum Gasteiger partial charge on any atom is -0.361 e. The number of fused-ring (bicyclic) bond motifs is 1. The number of nitrogens with zero attached hydrogens (tertiary/aromatic N) is 2. The second-order valence-corrected chi connectivity index (χ2v) is 10.4. The van der Waals surface area contributed by atoms with Crippen LogP contribution in [0.4, 0.5) is 0 Å². The number of hydrogen-bond acceptors (Lipinski definition) is 7. The summed E-state index contributed by atoms with van der Waals surface area (Å²) in [5.74, 6) is -4.10. The highest BCUT2D eigenvalue weighted by Gasteiger charge is 2.74. The van der Waals surface area contributed by atoms with Crippen LogP contribution in [0.5, 0.6) is 0 Å². The predicted molar refractivity (Wildman–Crippen MR) is 129 cm³/mol. The van der Waals surface area contributed by atoms with E-state index in [9.17, 15) is 24.6 Å². The molecule has 4 heterocycles. The maximum absolute atomic E-state index is 13.4. The minimum atomic E-state index is -2.62. The van der Waals surface area contributed by atoms with E-state index in [0.717, 1.165) is 41.7 Å². The summed E-state index contributed by atoms with van der Waals surface area (Å²) in [6.45, 7) is -0.224. The van der Waals surface area contributed by atoms with E-state index in [1.54, 1.807) is 6.07 Å². The lowest BCUT2D eigenvalue weighted by atomic mass is 9.84. The lowest BCUT2D eigenvalue weighted by Crippen LogP contribution is -2.81. The zero-order chi connectivity index (χ0) is 26.1. The normalized spacial score (nSPS) is 31.8. The molecule has 0 aromatic heterocycles. The number of hydrogen-bond donors (Lipinski definition) is 8. The van der Waals surface area contributed by atoms with Gasteiger partial charge in [0.1, 0.15) is 6.04 Å². The summed E-state index contributed by atoms with van der Waals surface area (Å²) < 4.78 is 0. The predicted octanol–water partition coefficient (Wildman–Crippen LogP) is -2.09.